The van der Waals surface area contributed by atoms with Crippen molar-refractivity contribution in [1.29, 1.82) is 0 Å². The summed E-state index contributed by atoms with van der Waals surface area (Å²) in [4.78, 5) is 18.5. The van der Waals surface area contributed by atoms with E-state index in [0.717, 1.165) is 6.07 Å². The summed E-state index contributed by atoms with van der Waals surface area (Å²) in [6.07, 6.45) is -2.92. The molecule has 1 spiro atoms. The van der Waals surface area contributed by atoms with Gasteiger partial charge in [-0.25, -0.2) is 14.2 Å². The monoisotopic (exact) mass is 518 g/mol. The number of amides is 2. The number of hydrogen-bond donors (Lipinski definition) is 2. The summed E-state index contributed by atoms with van der Waals surface area (Å²) in [6, 6.07) is 8.51. The van der Waals surface area contributed by atoms with E-state index in [9.17, 15) is 22.4 Å². The molecule has 1 fully saturated rings. The van der Waals surface area contributed by atoms with Crippen LogP contribution < -0.4 is 11.1 Å². The van der Waals surface area contributed by atoms with E-state index in [-0.39, 0.29) is 18.1 Å². The van der Waals surface area contributed by atoms with Crippen molar-refractivity contribution < 1.29 is 27.1 Å². The summed E-state index contributed by atoms with van der Waals surface area (Å²) in [6.45, 7) is 4.79. The van der Waals surface area contributed by atoms with Crippen molar-refractivity contribution >= 4 is 11.8 Å². The number of alkyl halides is 3. The first-order chi connectivity index (χ1) is 17.4. The lowest BCUT2D eigenvalue weighted by Crippen LogP contribution is -2.49. The lowest BCUT2D eigenvalue weighted by Gasteiger charge is -2.35. The van der Waals surface area contributed by atoms with Crippen LogP contribution in [0.3, 0.4) is 0 Å². The molecular weight excluding hydrogens is 492 g/mol. The molecule has 4 heterocycles. The van der Waals surface area contributed by atoms with Crippen molar-refractivity contribution in [2.24, 2.45) is 0 Å². The molecule has 3 N–H and O–H groups in total. The highest BCUT2D eigenvalue weighted by atomic mass is 19.4. The number of aromatic nitrogens is 3. The number of anilines is 1. The second kappa shape index (κ2) is 8.72. The highest BCUT2D eigenvalue weighted by Crippen LogP contribution is 2.41. The summed E-state index contributed by atoms with van der Waals surface area (Å²) in [5, 5.41) is 7.40. The Bertz CT molecular complexity index is 1360. The molecule has 5 rings (SSSR count). The molecule has 1 atom stereocenters. The normalized spacial score (nSPS) is 19.8. The molecule has 2 amide bonds. The van der Waals surface area contributed by atoms with Crippen LogP contribution >= 0.6 is 0 Å². The first-order valence-electron chi connectivity index (χ1n) is 11.8. The summed E-state index contributed by atoms with van der Waals surface area (Å²) in [7, 11) is 0. The van der Waals surface area contributed by atoms with Crippen LogP contribution in [0.15, 0.2) is 42.6 Å². The number of carbonyl (C=O) groups is 1. The quantitative estimate of drug-likeness (QED) is 0.505. The third-order valence-corrected chi connectivity index (χ3v) is 6.93. The summed E-state index contributed by atoms with van der Waals surface area (Å²) in [5.74, 6) is -1.01. The van der Waals surface area contributed by atoms with E-state index in [1.165, 1.54) is 12.3 Å². The van der Waals surface area contributed by atoms with E-state index in [0.29, 0.717) is 43.1 Å². The minimum Gasteiger partial charge on any atom is -0.383 e. The molecule has 196 valence electrons. The van der Waals surface area contributed by atoms with Crippen LogP contribution in [0.2, 0.25) is 0 Å². The Morgan fingerprint density at radius 1 is 1.16 bits per heavy atom. The van der Waals surface area contributed by atoms with Crippen molar-refractivity contribution in [2.45, 2.75) is 44.1 Å². The predicted molar refractivity (Wildman–Crippen MR) is 127 cm³/mol. The minimum absolute atomic E-state index is 0.179. The van der Waals surface area contributed by atoms with Crippen molar-refractivity contribution in [2.75, 3.05) is 25.4 Å². The lowest BCUT2D eigenvalue weighted by molar-refractivity contribution is -0.137. The Morgan fingerprint density at radius 2 is 1.92 bits per heavy atom. The third-order valence-electron chi connectivity index (χ3n) is 6.93. The maximum Gasteiger partial charge on any atom is 0.419 e. The highest BCUT2D eigenvalue weighted by molar-refractivity contribution is 5.76. The van der Waals surface area contributed by atoms with Crippen LogP contribution in [0.5, 0.6) is 0 Å². The van der Waals surface area contributed by atoms with Gasteiger partial charge in [0.25, 0.3) is 0 Å². The molecule has 0 bridgehead atoms. The zero-order valence-corrected chi connectivity index (χ0v) is 20.3. The largest absolute Gasteiger partial charge is 0.419 e. The zero-order valence-electron chi connectivity index (χ0n) is 20.3. The molecule has 1 aromatic carbocycles. The highest BCUT2D eigenvalue weighted by Gasteiger charge is 2.47. The van der Waals surface area contributed by atoms with Gasteiger partial charge >= 0.3 is 12.2 Å². The lowest BCUT2D eigenvalue weighted by atomic mass is 9.94. The van der Waals surface area contributed by atoms with Crippen LogP contribution in [0, 0.1) is 5.82 Å². The number of ether oxygens (including phenoxy) is 1. The number of hydrogen-bond acceptors (Lipinski definition) is 5. The van der Waals surface area contributed by atoms with E-state index < -0.39 is 34.5 Å². The smallest absolute Gasteiger partial charge is 0.383 e. The second-order valence-electron chi connectivity index (χ2n) is 9.84. The number of nitrogens with zero attached hydrogens (tertiary/aromatic N) is 4. The van der Waals surface area contributed by atoms with Gasteiger partial charge in [-0.1, -0.05) is 18.2 Å². The van der Waals surface area contributed by atoms with Crippen molar-refractivity contribution in [1.82, 2.24) is 25.0 Å². The standard InChI is InChI=1S/C25H26F4N6O2/c1-23(2,16-5-3-4-6-18(16)26)32-22(36)34-8-7-24(14-34)20-12-19(33-35(20)9-10-37-24)15-11-17(25(27,28)29)21(30)31-13-15/h3-6,11-13H,7-10,14H2,1-2H3,(H2,30,31)(H,32,36). The molecular formula is C25H26F4N6O2. The number of rotatable bonds is 3. The van der Waals surface area contributed by atoms with Crippen LogP contribution in [0.4, 0.5) is 28.2 Å². The third kappa shape index (κ3) is 4.50. The molecule has 12 heteroatoms. The van der Waals surface area contributed by atoms with Crippen LogP contribution in [0.25, 0.3) is 11.3 Å². The van der Waals surface area contributed by atoms with E-state index in [2.05, 4.69) is 15.4 Å². The number of halogens is 4. The molecule has 2 aromatic heterocycles. The van der Waals surface area contributed by atoms with Crippen LogP contribution in [-0.4, -0.2) is 45.4 Å². The molecule has 2 aliphatic heterocycles. The maximum absolute atomic E-state index is 14.4. The van der Waals surface area contributed by atoms with Gasteiger partial charge in [-0.2, -0.15) is 18.3 Å². The van der Waals surface area contributed by atoms with Crippen LogP contribution in [-0.2, 0) is 28.6 Å². The Hall–Kier alpha value is -3.67. The van der Waals surface area contributed by atoms with Gasteiger partial charge in [-0.05, 0) is 32.0 Å². The SMILES string of the molecule is CC(C)(NC(=O)N1CCC2(C1)OCCn1nc(-c3cnc(N)c(C(F)(F)F)c3)cc12)c1ccccc1F. The average Bonchev–Trinajstić information content (AvgIpc) is 3.45. The van der Waals surface area contributed by atoms with Gasteiger partial charge in [-0.15, -0.1) is 0 Å². The molecule has 3 aromatic rings. The average molecular weight is 519 g/mol. The molecule has 8 nitrogen and oxygen atoms in total. The Labute approximate surface area is 210 Å². The Morgan fingerprint density at radius 3 is 2.65 bits per heavy atom. The van der Waals surface area contributed by atoms with Gasteiger partial charge in [0, 0.05) is 30.3 Å². The predicted octanol–water partition coefficient (Wildman–Crippen LogP) is 4.26. The summed E-state index contributed by atoms with van der Waals surface area (Å²) < 4.78 is 62.3. The summed E-state index contributed by atoms with van der Waals surface area (Å²) >= 11 is 0. The van der Waals surface area contributed by atoms with Crippen LogP contribution in [0.1, 0.15) is 37.1 Å². The fourth-order valence-electron chi connectivity index (χ4n) is 5.00. The molecule has 1 unspecified atom stereocenters. The number of nitrogens with two attached hydrogens (primary N) is 1. The number of urea groups is 1. The maximum atomic E-state index is 14.4. The van der Waals surface area contributed by atoms with E-state index >= 15 is 0 Å². The summed E-state index contributed by atoms with van der Waals surface area (Å²) in [5.41, 5.74) is 4.11. The fourth-order valence-corrected chi connectivity index (χ4v) is 5.00. The van der Waals surface area contributed by atoms with Gasteiger partial charge in [-0.3, -0.25) is 4.68 Å². The number of benzene rings is 1. The fraction of sp³-hybridized carbons (Fsp3) is 0.400. The minimum atomic E-state index is -4.65. The molecule has 37 heavy (non-hydrogen) atoms. The number of likely N-dealkylation sites (tertiary alicyclic amines) is 1. The topological polar surface area (TPSA) is 98.3 Å². The van der Waals surface area contributed by atoms with Crippen molar-refractivity contribution in [3.8, 4) is 11.3 Å². The second-order valence-corrected chi connectivity index (χ2v) is 9.84. The number of nitrogen functional groups attached to an aromatic ring is 1. The van der Waals surface area contributed by atoms with Gasteiger partial charge in [0.05, 0.1) is 42.2 Å². The number of fused-ring (bicyclic) bond motifs is 2. The first-order valence-corrected chi connectivity index (χ1v) is 11.8. The van der Waals surface area contributed by atoms with Crippen molar-refractivity contribution in [3.05, 3.63) is 65.2 Å². The van der Waals surface area contributed by atoms with Gasteiger partial charge in [0.15, 0.2) is 0 Å². The first kappa shape index (κ1) is 25.0. The molecule has 0 radical (unpaired) electrons. The van der Waals surface area contributed by atoms with E-state index in [4.69, 9.17) is 10.5 Å². The van der Waals surface area contributed by atoms with E-state index in [1.807, 2.05) is 0 Å². The number of carbonyl (C=O) groups excluding carboxylic acids is 1. The van der Waals surface area contributed by atoms with Gasteiger partial charge in [0.1, 0.15) is 17.2 Å². The Balaban J connectivity index is 1.39. The van der Waals surface area contributed by atoms with Gasteiger partial charge in [0.2, 0.25) is 0 Å². The zero-order chi connectivity index (χ0) is 26.6. The Kier molecular flexibility index (Phi) is 5.89. The number of nitrogens with one attached hydrogen (secondary N) is 1. The molecule has 0 saturated carbocycles. The molecule has 0 aliphatic carbocycles. The number of pyridine rings is 1. The molecule has 2 aliphatic rings. The van der Waals surface area contributed by atoms with Crippen molar-refractivity contribution in [3.63, 3.8) is 0 Å². The van der Waals surface area contributed by atoms with Gasteiger partial charge < -0.3 is 20.7 Å². The van der Waals surface area contributed by atoms with E-state index in [1.54, 1.807) is 47.7 Å². The molecule has 1 saturated heterocycles.